The molecule has 21 heteroatoms. The molecule has 14 nitrogen and oxygen atoms in total. The molecule has 0 unspecified atom stereocenters. The van der Waals surface area contributed by atoms with E-state index in [1.165, 1.54) is 12.4 Å². The van der Waals surface area contributed by atoms with Gasteiger partial charge in [0, 0.05) is 49.0 Å². The van der Waals surface area contributed by atoms with Crippen molar-refractivity contribution in [2.45, 2.75) is 44.5 Å². The van der Waals surface area contributed by atoms with Crippen LogP contribution < -0.4 is 16.0 Å². The SMILES string of the molecule is O=C(CC1CCN(C(=O)c2cnccn2)CC1)Nc1ccc2cc1CCc1cccc(c1)Nc1ncc(Cl)c(n1)N2.O=C(O)C(F)(F)F.O=C(O)C(F)(F)F. The zero-order chi connectivity index (χ0) is 40.3. The number of nitrogens with zero attached hydrogens (tertiary/aromatic N) is 5. The standard InChI is InChI=1S/C30H29ClN8O2.2C2HF3O2/c31-24-17-34-30-36-22-3-1-2-19(14-22)4-5-21-16-23(35-28(24)38-30)6-7-25(21)37-27(40)15-20-8-12-39(13-9-20)29(41)26-18-32-10-11-33-26;2*3-2(4,5)1(6)7/h1-3,6-7,10-11,14,16-18,20H,4-5,8-9,12-13,15H2,(H,37,40)(H2,34,35,36,38);2*(H,6,7). The Hall–Kier alpha value is -6.05. The summed E-state index contributed by atoms with van der Waals surface area (Å²) in [5.74, 6) is -4.52. The van der Waals surface area contributed by atoms with E-state index in [4.69, 9.17) is 31.4 Å². The molecule has 4 aromatic rings. The Morgan fingerprint density at radius 3 is 2.13 bits per heavy atom. The molecule has 6 bridgehead atoms. The van der Waals surface area contributed by atoms with Gasteiger partial charge in [-0.25, -0.2) is 19.6 Å². The summed E-state index contributed by atoms with van der Waals surface area (Å²) in [6, 6.07) is 14.0. The van der Waals surface area contributed by atoms with Crippen molar-refractivity contribution in [3.8, 4) is 0 Å². The number of anilines is 5. The predicted molar refractivity (Wildman–Crippen MR) is 185 cm³/mol. The zero-order valence-electron chi connectivity index (χ0n) is 28.3. The predicted octanol–water partition coefficient (Wildman–Crippen LogP) is 6.65. The van der Waals surface area contributed by atoms with E-state index >= 15 is 0 Å². The smallest absolute Gasteiger partial charge is 0.475 e. The van der Waals surface area contributed by atoms with E-state index < -0.39 is 24.3 Å². The fraction of sp³-hybridized carbons (Fsp3) is 0.294. The number of carbonyl (C=O) groups is 4. The number of carbonyl (C=O) groups excluding carboxylic acids is 2. The highest BCUT2D eigenvalue weighted by Gasteiger charge is 2.39. The monoisotopic (exact) mass is 796 g/mol. The number of amides is 2. The Bertz CT molecular complexity index is 1970. The minimum atomic E-state index is -5.08. The normalized spacial score (nSPS) is 14.0. The average Bonchev–Trinajstić information content (AvgIpc) is 3.13. The number of halogens is 7. The lowest BCUT2D eigenvalue weighted by atomic mass is 9.93. The Balaban J connectivity index is 0.000000410. The van der Waals surface area contributed by atoms with Crippen molar-refractivity contribution in [2.24, 2.45) is 5.92 Å². The number of aromatic nitrogens is 4. The number of hydrogen-bond donors (Lipinski definition) is 5. The second-order valence-corrected chi connectivity index (χ2v) is 12.3. The number of carboxylic acids is 2. The highest BCUT2D eigenvalue weighted by Crippen LogP contribution is 2.30. The number of fused-ring (bicyclic) bond motifs is 6. The van der Waals surface area contributed by atoms with E-state index in [1.807, 2.05) is 30.3 Å². The van der Waals surface area contributed by atoms with Crippen LogP contribution in [0.15, 0.2) is 67.3 Å². The summed E-state index contributed by atoms with van der Waals surface area (Å²) in [6.45, 7) is 1.19. The fourth-order valence-corrected chi connectivity index (χ4v) is 5.38. The third-order valence-corrected chi connectivity index (χ3v) is 8.17. The molecule has 0 radical (unpaired) electrons. The summed E-state index contributed by atoms with van der Waals surface area (Å²) in [5.41, 5.74) is 5.00. The molecular formula is C34H31ClF6N8O6. The number of piperidine rings is 1. The number of likely N-dealkylation sites (tertiary alicyclic amines) is 1. The van der Waals surface area contributed by atoms with Crippen molar-refractivity contribution in [1.29, 1.82) is 0 Å². The highest BCUT2D eigenvalue weighted by atomic mass is 35.5. The number of alkyl halides is 6. The maximum atomic E-state index is 13.1. The minimum Gasteiger partial charge on any atom is -0.475 e. The molecule has 1 saturated heterocycles. The number of aliphatic carboxylic acids is 2. The number of rotatable bonds is 4. The van der Waals surface area contributed by atoms with Crippen LogP contribution in [-0.4, -0.2) is 84.2 Å². The molecule has 2 aliphatic rings. The van der Waals surface area contributed by atoms with E-state index in [9.17, 15) is 35.9 Å². The number of aryl methyl sites for hydroxylation is 2. The van der Waals surface area contributed by atoms with Gasteiger partial charge in [-0.3, -0.25) is 14.6 Å². The van der Waals surface area contributed by atoms with Crippen molar-refractivity contribution in [3.05, 3.63) is 89.1 Å². The third-order valence-electron chi connectivity index (χ3n) is 7.90. The molecule has 5 N–H and O–H groups in total. The second kappa shape index (κ2) is 18.3. The molecule has 4 heterocycles. The molecule has 6 rings (SSSR count). The lowest BCUT2D eigenvalue weighted by Gasteiger charge is -2.31. The number of nitrogens with one attached hydrogen (secondary N) is 3. The van der Waals surface area contributed by atoms with E-state index in [2.05, 4.69) is 48.0 Å². The molecule has 0 atom stereocenters. The van der Waals surface area contributed by atoms with Crippen LogP contribution in [0.2, 0.25) is 5.02 Å². The molecule has 0 aliphatic carbocycles. The molecule has 292 valence electrons. The first-order valence-electron chi connectivity index (χ1n) is 16.1. The van der Waals surface area contributed by atoms with Gasteiger partial charge >= 0.3 is 24.3 Å². The Morgan fingerprint density at radius 2 is 1.51 bits per heavy atom. The Labute approximate surface area is 313 Å². The van der Waals surface area contributed by atoms with Crippen LogP contribution in [0.5, 0.6) is 0 Å². The highest BCUT2D eigenvalue weighted by molar-refractivity contribution is 6.32. The summed E-state index contributed by atoms with van der Waals surface area (Å²) in [7, 11) is 0. The molecular weight excluding hydrogens is 766 g/mol. The molecule has 0 spiro atoms. The van der Waals surface area contributed by atoms with Gasteiger partial charge in [0.15, 0.2) is 5.82 Å². The number of carboxylic acid groups (broad SMARTS) is 2. The zero-order valence-corrected chi connectivity index (χ0v) is 29.0. The first-order valence-corrected chi connectivity index (χ1v) is 16.5. The topological polar surface area (TPSA) is 200 Å². The largest absolute Gasteiger partial charge is 0.490 e. The van der Waals surface area contributed by atoms with E-state index in [0.29, 0.717) is 42.0 Å². The lowest BCUT2D eigenvalue weighted by molar-refractivity contribution is -0.193. The van der Waals surface area contributed by atoms with Gasteiger partial charge in [0.1, 0.15) is 10.7 Å². The Kier molecular flexibility index (Phi) is 13.9. The van der Waals surface area contributed by atoms with Gasteiger partial charge in [-0.15, -0.1) is 0 Å². The van der Waals surface area contributed by atoms with Crippen LogP contribution in [0.4, 0.5) is 55.2 Å². The van der Waals surface area contributed by atoms with Gasteiger partial charge in [0.25, 0.3) is 5.91 Å². The van der Waals surface area contributed by atoms with Crippen LogP contribution >= 0.6 is 11.6 Å². The van der Waals surface area contributed by atoms with Crippen LogP contribution in [-0.2, 0) is 27.2 Å². The van der Waals surface area contributed by atoms with Crippen LogP contribution in [0.3, 0.4) is 0 Å². The van der Waals surface area contributed by atoms with Gasteiger partial charge in [-0.05, 0) is 73.1 Å². The molecule has 55 heavy (non-hydrogen) atoms. The Morgan fingerprint density at radius 1 is 0.855 bits per heavy atom. The minimum absolute atomic E-state index is 0.0294. The lowest BCUT2D eigenvalue weighted by Crippen LogP contribution is -2.39. The molecule has 2 amide bonds. The van der Waals surface area contributed by atoms with Crippen LogP contribution in [0.25, 0.3) is 0 Å². The molecule has 2 aliphatic heterocycles. The van der Waals surface area contributed by atoms with E-state index in [-0.39, 0.29) is 17.7 Å². The maximum Gasteiger partial charge on any atom is 0.490 e. The van der Waals surface area contributed by atoms with E-state index in [0.717, 1.165) is 53.9 Å². The summed E-state index contributed by atoms with van der Waals surface area (Å²) >= 11 is 6.38. The van der Waals surface area contributed by atoms with E-state index in [1.54, 1.807) is 17.3 Å². The quantitative estimate of drug-likeness (QED) is 0.138. The second-order valence-electron chi connectivity index (χ2n) is 11.9. The van der Waals surface area contributed by atoms with Crippen LogP contribution in [0, 0.1) is 5.92 Å². The first kappa shape index (κ1) is 41.7. The third kappa shape index (κ3) is 12.8. The first-order chi connectivity index (χ1) is 25.9. The van der Waals surface area contributed by atoms with Gasteiger partial charge in [-0.2, -0.15) is 31.3 Å². The number of benzene rings is 2. The molecule has 0 saturated carbocycles. The van der Waals surface area contributed by atoms with Crippen molar-refractivity contribution >= 4 is 64.2 Å². The van der Waals surface area contributed by atoms with Crippen LogP contribution in [0.1, 0.15) is 40.9 Å². The van der Waals surface area contributed by atoms with Crippen molar-refractivity contribution in [2.75, 3.05) is 29.0 Å². The summed E-state index contributed by atoms with van der Waals surface area (Å²) in [6.07, 6.45) is -0.592. The molecule has 2 aromatic carbocycles. The number of hydrogen-bond acceptors (Lipinski definition) is 10. The van der Waals surface area contributed by atoms with Crippen molar-refractivity contribution in [1.82, 2.24) is 24.8 Å². The summed E-state index contributed by atoms with van der Waals surface area (Å²) in [5, 5.41) is 24.3. The summed E-state index contributed by atoms with van der Waals surface area (Å²) in [4.78, 5) is 62.3. The van der Waals surface area contributed by atoms with Gasteiger partial charge in [0.05, 0.1) is 12.4 Å². The molecule has 1 fully saturated rings. The molecule has 2 aromatic heterocycles. The van der Waals surface area contributed by atoms with Gasteiger partial charge in [0.2, 0.25) is 11.9 Å². The van der Waals surface area contributed by atoms with Crippen molar-refractivity contribution in [3.63, 3.8) is 0 Å². The average molecular weight is 797 g/mol. The van der Waals surface area contributed by atoms with Crippen molar-refractivity contribution < 1.29 is 55.7 Å². The summed E-state index contributed by atoms with van der Waals surface area (Å²) < 4.78 is 63.5. The van der Waals surface area contributed by atoms with Gasteiger partial charge < -0.3 is 31.1 Å². The fourth-order valence-electron chi connectivity index (χ4n) is 5.24. The maximum absolute atomic E-state index is 13.1. The van der Waals surface area contributed by atoms with Gasteiger partial charge in [-0.1, -0.05) is 23.7 Å².